The van der Waals surface area contributed by atoms with Crippen molar-refractivity contribution in [2.24, 2.45) is 5.92 Å². The molecule has 2 aromatic rings. The summed E-state index contributed by atoms with van der Waals surface area (Å²) in [5.41, 5.74) is 0.370. The molecule has 2 N–H and O–H groups in total. The lowest BCUT2D eigenvalue weighted by molar-refractivity contribution is -0.150. The summed E-state index contributed by atoms with van der Waals surface area (Å²) in [7, 11) is -0.987. The monoisotopic (exact) mass is 450 g/mol. The molecule has 0 aliphatic carbocycles. The standard InChI is InChI=1S/C21H26N2O7S/c1-14(2)20(23-31(26,27)16-8-6-5-7-9-16)21(25)30-13-19(24)22-17-11-10-15(28-3)12-18(17)29-4/h5-12,14,20,23H,13H2,1-4H3,(H,22,24)/t20-/m0/s1. The molecule has 0 radical (unpaired) electrons. The van der Waals surface area contributed by atoms with Gasteiger partial charge in [0.2, 0.25) is 10.0 Å². The van der Waals surface area contributed by atoms with Crippen molar-refractivity contribution in [2.75, 3.05) is 26.1 Å². The third kappa shape index (κ3) is 6.69. The van der Waals surface area contributed by atoms with Crippen LogP contribution in [0.5, 0.6) is 11.5 Å². The quantitative estimate of drug-likeness (QED) is 0.533. The van der Waals surface area contributed by atoms with E-state index in [-0.39, 0.29) is 4.90 Å². The van der Waals surface area contributed by atoms with E-state index in [1.54, 1.807) is 50.2 Å². The van der Waals surface area contributed by atoms with Gasteiger partial charge in [0, 0.05) is 6.07 Å². The van der Waals surface area contributed by atoms with Gasteiger partial charge in [0.25, 0.3) is 5.91 Å². The first-order chi connectivity index (χ1) is 14.7. The Labute approximate surface area is 181 Å². The van der Waals surface area contributed by atoms with E-state index in [2.05, 4.69) is 10.0 Å². The van der Waals surface area contributed by atoms with E-state index >= 15 is 0 Å². The van der Waals surface area contributed by atoms with Gasteiger partial charge < -0.3 is 19.5 Å². The van der Waals surface area contributed by atoms with Crippen LogP contribution < -0.4 is 19.5 Å². The van der Waals surface area contributed by atoms with Crippen molar-refractivity contribution in [3.05, 3.63) is 48.5 Å². The van der Waals surface area contributed by atoms with Gasteiger partial charge in [0.1, 0.15) is 17.5 Å². The van der Waals surface area contributed by atoms with E-state index in [4.69, 9.17) is 14.2 Å². The van der Waals surface area contributed by atoms with Gasteiger partial charge >= 0.3 is 5.97 Å². The number of ether oxygens (including phenoxy) is 3. The third-order valence-corrected chi connectivity index (χ3v) is 5.74. The molecule has 0 aromatic heterocycles. The SMILES string of the molecule is COc1ccc(NC(=O)COC(=O)[C@@H](NS(=O)(=O)c2ccccc2)C(C)C)c(OC)c1. The topological polar surface area (TPSA) is 120 Å². The zero-order chi connectivity index (χ0) is 23.0. The fourth-order valence-electron chi connectivity index (χ4n) is 2.61. The lowest BCUT2D eigenvalue weighted by atomic mass is 10.1. The summed E-state index contributed by atoms with van der Waals surface area (Å²) in [6, 6.07) is 11.3. The first-order valence-corrected chi connectivity index (χ1v) is 10.9. The minimum absolute atomic E-state index is 0.0257. The van der Waals surface area contributed by atoms with Crippen LogP contribution in [0.4, 0.5) is 5.69 Å². The number of carbonyl (C=O) groups excluding carboxylic acids is 2. The molecule has 1 amide bonds. The van der Waals surface area contributed by atoms with Crippen LogP contribution in [-0.4, -0.2) is 47.2 Å². The Morgan fingerprint density at radius 3 is 2.26 bits per heavy atom. The predicted molar refractivity (Wildman–Crippen MR) is 115 cm³/mol. The van der Waals surface area contributed by atoms with E-state index in [0.717, 1.165) is 0 Å². The zero-order valence-electron chi connectivity index (χ0n) is 17.7. The Bertz CT molecular complexity index is 1010. The number of rotatable bonds is 10. The maximum absolute atomic E-state index is 12.5. The number of carbonyl (C=O) groups is 2. The smallest absolute Gasteiger partial charge is 0.324 e. The van der Waals surface area contributed by atoms with Gasteiger partial charge in [0.05, 0.1) is 24.8 Å². The highest BCUT2D eigenvalue weighted by molar-refractivity contribution is 7.89. The van der Waals surface area contributed by atoms with Crippen molar-refractivity contribution in [2.45, 2.75) is 24.8 Å². The Kier molecular flexibility index (Phi) is 8.40. The molecule has 31 heavy (non-hydrogen) atoms. The number of nitrogens with one attached hydrogen (secondary N) is 2. The first kappa shape index (κ1) is 24.2. The molecule has 2 rings (SSSR count). The Hall–Kier alpha value is -3.11. The number of benzene rings is 2. The van der Waals surface area contributed by atoms with Gasteiger partial charge in [-0.1, -0.05) is 32.0 Å². The largest absolute Gasteiger partial charge is 0.497 e. The number of esters is 1. The fourth-order valence-corrected chi connectivity index (χ4v) is 3.96. The molecule has 0 bridgehead atoms. The second-order valence-corrected chi connectivity index (χ2v) is 8.59. The molecule has 0 heterocycles. The van der Waals surface area contributed by atoms with Crippen LogP contribution in [0.25, 0.3) is 0 Å². The Morgan fingerprint density at radius 2 is 1.68 bits per heavy atom. The highest BCUT2D eigenvalue weighted by Gasteiger charge is 2.30. The summed E-state index contributed by atoms with van der Waals surface area (Å²) in [5, 5.41) is 2.58. The average molecular weight is 451 g/mol. The fraction of sp³-hybridized carbons (Fsp3) is 0.333. The molecule has 168 valence electrons. The van der Waals surface area contributed by atoms with Crippen LogP contribution in [0.1, 0.15) is 13.8 Å². The van der Waals surface area contributed by atoms with Gasteiger partial charge in [-0.2, -0.15) is 4.72 Å². The first-order valence-electron chi connectivity index (χ1n) is 9.44. The summed E-state index contributed by atoms with van der Waals surface area (Å²) >= 11 is 0. The second-order valence-electron chi connectivity index (χ2n) is 6.88. The number of sulfonamides is 1. The van der Waals surface area contributed by atoms with Crippen LogP contribution >= 0.6 is 0 Å². The summed E-state index contributed by atoms with van der Waals surface area (Å²) in [4.78, 5) is 24.7. The lowest BCUT2D eigenvalue weighted by Crippen LogP contribution is -2.45. The molecule has 2 aromatic carbocycles. The van der Waals surface area contributed by atoms with Crippen LogP contribution in [0, 0.1) is 5.92 Å². The van der Waals surface area contributed by atoms with Crippen LogP contribution in [0.15, 0.2) is 53.4 Å². The molecule has 1 atom stereocenters. The summed E-state index contributed by atoms with van der Waals surface area (Å²) in [6.45, 7) is 2.74. The minimum atomic E-state index is -3.93. The molecule has 0 aliphatic rings. The van der Waals surface area contributed by atoms with Crippen molar-refractivity contribution in [1.82, 2.24) is 4.72 Å². The van der Waals surface area contributed by atoms with E-state index < -0.39 is 40.5 Å². The molecular formula is C21H26N2O7S. The molecule has 0 saturated carbocycles. The Morgan fingerprint density at radius 1 is 1.00 bits per heavy atom. The van der Waals surface area contributed by atoms with E-state index in [9.17, 15) is 18.0 Å². The Balaban J connectivity index is 2.01. The average Bonchev–Trinajstić information content (AvgIpc) is 2.76. The molecule has 9 nitrogen and oxygen atoms in total. The predicted octanol–water partition coefficient (Wildman–Crippen LogP) is 2.19. The number of hydrogen-bond acceptors (Lipinski definition) is 7. The van der Waals surface area contributed by atoms with E-state index in [0.29, 0.717) is 17.2 Å². The molecule has 10 heteroatoms. The number of methoxy groups -OCH3 is 2. The van der Waals surface area contributed by atoms with Gasteiger partial charge in [-0.15, -0.1) is 0 Å². The molecular weight excluding hydrogens is 424 g/mol. The van der Waals surface area contributed by atoms with Crippen molar-refractivity contribution in [3.63, 3.8) is 0 Å². The number of hydrogen-bond donors (Lipinski definition) is 2. The van der Waals surface area contributed by atoms with Gasteiger partial charge in [-0.25, -0.2) is 8.42 Å². The number of amides is 1. The van der Waals surface area contributed by atoms with Gasteiger partial charge in [0.15, 0.2) is 6.61 Å². The molecule has 0 fully saturated rings. The van der Waals surface area contributed by atoms with Crippen molar-refractivity contribution in [1.29, 1.82) is 0 Å². The van der Waals surface area contributed by atoms with Gasteiger partial charge in [-0.05, 0) is 30.2 Å². The lowest BCUT2D eigenvalue weighted by Gasteiger charge is -2.20. The van der Waals surface area contributed by atoms with Crippen LogP contribution in [-0.2, 0) is 24.3 Å². The molecule has 0 spiro atoms. The molecule has 0 unspecified atom stereocenters. The highest BCUT2D eigenvalue weighted by atomic mass is 32.2. The summed E-state index contributed by atoms with van der Waals surface area (Å²) in [5.74, 6) is -0.950. The normalized spacial score (nSPS) is 12.2. The van der Waals surface area contributed by atoms with Crippen molar-refractivity contribution in [3.8, 4) is 11.5 Å². The maximum atomic E-state index is 12.5. The van der Waals surface area contributed by atoms with Crippen molar-refractivity contribution < 1.29 is 32.2 Å². The van der Waals surface area contributed by atoms with Gasteiger partial charge in [-0.3, -0.25) is 9.59 Å². The van der Waals surface area contributed by atoms with Crippen LogP contribution in [0.3, 0.4) is 0 Å². The second kappa shape index (κ2) is 10.8. The summed E-state index contributed by atoms with van der Waals surface area (Å²) < 4.78 is 42.8. The molecule has 0 aliphatic heterocycles. The van der Waals surface area contributed by atoms with E-state index in [1.165, 1.54) is 26.4 Å². The highest BCUT2D eigenvalue weighted by Crippen LogP contribution is 2.28. The zero-order valence-corrected chi connectivity index (χ0v) is 18.6. The number of anilines is 1. The summed E-state index contributed by atoms with van der Waals surface area (Å²) in [6.07, 6.45) is 0. The molecule has 0 saturated heterocycles. The third-order valence-electron chi connectivity index (χ3n) is 4.28. The van der Waals surface area contributed by atoms with E-state index in [1.807, 2.05) is 0 Å². The van der Waals surface area contributed by atoms with Crippen LogP contribution in [0.2, 0.25) is 0 Å². The van der Waals surface area contributed by atoms with Crippen molar-refractivity contribution >= 4 is 27.6 Å². The minimum Gasteiger partial charge on any atom is -0.497 e. The maximum Gasteiger partial charge on any atom is 0.324 e.